The number of rotatable bonds is 6. The van der Waals surface area contributed by atoms with E-state index in [0.29, 0.717) is 13.0 Å². The SMILES string of the molecule is CN(C)CCC(=O)Nc1cnn(CC(=O)O)n1. The van der Waals surface area contributed by atoms with Crippen molar-refractivity contribution in [2.45, 2.75) is 13.0 Å². The molecule has 1 amide bonds. The molecule has 1 rings (SSSR count). The molecule has 0 aliphatic carbocycles. The van der Waals surface area contributed by atoms with Crippen LogP contribution in [0.4, 0.5) is 5.82 Å². The Morgan fingerprint density at radius 3 is 2.82 bits per heavy atom. The number of nitrogens with zero attached hydrogens (tertiary/aromatic N) is 4. The van der Waals surface area contributed by atoms with Crippen molar-refractivity contribution in [3.8, 4) is 0 Å². The second-order valence-electron chi connectivity index (χ2n) is 3.76. The van der Waals surface area contributed by atoms with E-state index in [1.54, 1.807) is 0 Å². The average Bonchev–Trinajstić information content (AvgIpc) is 2.61. The monoisotopic (exact) mass is 241 g/mol. The molecule has 1 aromatic rings. The third-order valence-corrected chi connectivity index (χ3v) is 1.87. The van der Waals surface area contributed by atoms with Crippen molar-refractivity contribution in [2.24, 2.45) is 0 Å². The molecule has 0 saturated heterocycles. The van der Waals surface area contributed by atoms with Gasteiger partial charge in [0.15, 0.2) is 12.4 Å². The van der Waals surface area contributed by atoms with Crippen LogP contribution in [0.25, 0.3) is 0 Å². The maximum atomic E-state index is 11.4. The second-order valence-corrected chi connectivity index (χ2v) is 3.76. The lowest BCUT2D eigenvalue weighted by atomic mass is 10.4. The molecule has 0 aromatic carbocycles. The third kappa shape index (κ3) is 5.07. The van der Waals surface area contributed by atoms with Crippen molar-refractivity contribution in [3.05, 3.63) is 6.20 Å². The minimum absolute atomic E-state index is 0.180. The Morgan fingerprint density at radius 2 is 2.24 bits per heavy atom. The summed E-state index contributed by atoms with van der Waals surface area (Å²) < 4.78 is 0. The van der Waals surface area contributed by atoms with Crippen LogP contribution in [0, 0.1) is 0 Å². The number of anilines is 1. The Morgan fingerprint density at radius 1 is 1.53 bits per heavy atom. The minimum Gasteiger partial charge on any atom is -0.480 e. The van der Waals surface area contributed by atoms with Gasteiger partial charge in [0.2, 0.25) is 5.91 Å². The number of hydrogen-bond donors (Lipinski definition) is 2. The van der Waals surface area contributed by atoms with E-state index in [9.17, 15) is 9.59 Å². The number of carbonyl (C=O) groups excluding carboxylic acids is 1. The molecule has 1 aromatic heterocycles. The fourth-order valence-electron chi connectivity index (χ4n) is 1.08. The van der Waals surface area contributed by atoms with E-state index in [-0.39, 0.29) is 18.3 Å². The van der Waals surface area contributed by atoms with E-state index in [1.165, 1.54) is 6.20 Å². The molecule has 0 fully saturated rings. The highest BCUT2D eigenvalue weighted by Gasteiger charge is 2.07. The maximum Gasteiger partial charge on any atom is 0.327 e. The van der Waals surface area contributed by atoms with Gasteiger partial charge < -0.3 is 15.3 Å². The van der Waals surface area contributed by atoms with Gasteiger partial charge in [-0.05, 0) is 14.1 Å². The van der Waals surface area contributed by atoms with Crippen LogP contribution < -0.4 is 5.32 Å². The van der Waals surface area contributed by atoms with Gasteiger partial charge in [0.05, 0.1) is 6.20 Å². The molecular weight excluding hydrogens is 226 g/mol. The van der Waals surface area contributed by atoms with Crippen LogP contribution in [-0.4, -0.2) is 57.5 Å². The highest BCUT2D eigenvalue weighted by Crippen LogP contribution is 2.00. The molecule has 94 valence electrons. The fraction of sp³-hybridized carbons (Fsp3) is 0.556. The lowest BCUT2D eigenvalue weighted by molar-refractivity contribution is -0.138. The summed E-state index contributed by atoms with van der Waals surface area (Å²) in [6, 6.07) is 0. The quantitative estimate of drug-likeness (QED) is 0.680. The zero-order valence-corrected chi connectivity index (χ0v) is 9.75. The molecular formula is C9H15N5O3. The van der Waals surface area contributed by atoms with Crippen LogP contribution in [0.1, 0.15) is 6.42 Å². The summed E-state index contributed by atoms with van der Waals surface area (Å²) >= 11 is 0. The van der Waals surface area contributed by atoms with Gasteiger partial charge in [-0.2, -0.15) is 9.90 Å². The van der Waals surface area contributed by atoms with Crippen molar-refractivity contribution < 1.29 is 14.7 Å². The minimum atomic E-state index is -1.04. The van der Waals surface area contributed by atoms with Gasteiger partial charge in [-0.25, -0.2) is 0 Å². The topological polar surface area (TPSA) is 100 Å². The Balaban J connectivity index is 2.43. The molecule has 1 heterocycles. The number of hydrogen-bond acceptors (Lipinski definition) is 5. The summed E-state index contributed by atoms with van der Waals surface area (Å²) in [7, 11) is 3.74. The summed E-state index contributed by atoms with van der Waals surface area (Å²) in [5.41, 5.74) is 0. The van der Waals surface area contributed by atoms with Crippen molar-refractivity contribution in [1.29, 1.82) is 0 Å². The predicted octanol–water partition coefficient (Wildman–Crippen LogP) is -0.747. The van der Waals surface area contributed by atoms with Gasteiger partial charge in [0, 0.05) is 13.0 Å². The van der Waals surface area contributed by atoms with Gasteiger partial charge in [0.1, 0.15) is 0 Å². The summed E-state index contributed by atoms with van der Waals surface area (Å²) in [5.74, 6) is -0.956. The van der Waals surface area contributed by atoms with Gasteiger partial charge in [-0.3, -0.25) is 9.59 Å². The van der Waals surface area contributed by atoms with Crippen LogP contribution in [0.5, 0.6) is 0 Å². The molecule has 0 spiro atoms. The molecule has 2 N–H and O–H groups in total. The maximum absolute atomic E-state index is 11.4. The Hall–Kier alpha value is -1.96. The highest BCUT2D eigenvalue weighted by atomic mass is 16.4. The first-order valence-electron chi connectivity index (χ1n) is 5.04. The number of aromatic nitrogens is 3. The molecule has 0 aliphatic rings. The summed E-state index contributed by atoms with van der Waals surface area (Å²) in [4.78, 5) is 24.7. The van der Waals surface area contributed by atoms with E-state index >= 15 is 0 Å². The lowest BCUT2D eigenvalue weighted by Crippen LogP contribution is -2.21. The van der Waals surface area contributed by atoms with Crippen LogP contribution in [0.3, 0.4) is 0 Å². The van der Waals surface area contributed by atoms with Gasteiger partial charge in [-0.15, -0.1) is 5.10 Å². The second kappa shape index (κ2) is 5.94. The van der Waals surface area contributed by atoms with Crippen LogP contribution in [0.2, 0.25) is 0 Å². The zero-order valence-electron chi connectivity index (χ0n) is 9.75. The summed E-state index contributed by atoms with van der Waals surface area (Å²) in [6.07, 6.45) is 1.66. The van der Waals surface area contributed by atoms with Crippen LogP contribution >= 0.6 is 0 Å². The Bertz CT molecular complexity index is 401. The van der Waals surface area contributed by atoms with Gasteiger partial charge in [0.25, 0.3) is 0 Å². The first-order valence-corrected chi connectivity index (χ1v) is 5.04. The number of carboxylic acid groups (broad SMARTS) is 1. The smallest absolute Gasteiger partial charge is 0.327 e. The number of amides is 1. The van der Waals surface area contributed by atoms with E-state index in [4.69, 9.17) is 5.11 Å². The molecule has 0 aliphatic heterocycles. The average molecular weight is 241 g/mol. The zero-order chi connectivity index (χ0) is 12.8. The van der Waals surface area contributed by atoms with E-state index < -0.39 is 5.97 Å². The Labute approximate surface area is 98.2 Å². The molecule has 0 unspecified atom stereocenters. The molecule has 0 bridgehead atoms. The summed E-state index contributed by atoms with van der Waals surface area (Å²) in [6.45, 7) is 0.308. The number of carboxylic acids is 1. The van der Waals surface area contributed by atoms with Gasteiger partial charge in [-0.1, -0.05) is 0 Å². The van der Waals surface area contributed by atoms with Crippen LogP contribution in [0.15, 0.2) is 6.20 Å². The van der Waals surface area contributed by atoms with Crippen molar-refractivity contribution in [1.82, 2.24) is 19.9 Å². The molecule has 17 heavy (non-hydrogen) atoms. The summed E-state index contributed by atoms with van der Waals surface area (Å²) in [5, 5.41) is 18.5. The lowest BCUT2D eigenvalue weighted by Gasteiger charge is -2.07. The first kappa shape index (κ1) is 13.1. The normalized spacial score (nSPS) is 10.5. The van der Waals surface area contributed by atoms with E-state index in [0.717, 1.165) is 4.80 Å². The fourth-order valence-corrected chi connectivity index (χ4v) is 1.08. The van der Waals surface area contributed by atoms with Gasteiger partial charge >= 0.3 is 5.97 Å². The number of carbonyl (C=O) groups is 2. The molecule has 0 saturated carbocycles. The largest absolute Gasteiger partial charge is 0.480 e. The predicted molar refractivity (Wildman–Crippen MR) is 59.5 cm³/mol. The number of aliphatic carboxylic acids is 1. The third-order valence-electron chi connectivity index (χ3n) is 1.87. The Kier molecular flexibility index (Phi) is 4.58. The molecule has 8 heteroatoms. The standard InChI is InChI=1S/C9H15N5O3/c1-13(2)4-3-8(15)11-7-5-10-14(12-7)6-9(16)17/h5H,3-4,6H2,1-2H3,(H,16,17)(H,11,12,15). The van der Waals surface area contributed by atoms with E-state index in [2.05, 4.69) is 15.5 Å². The van der Waals surface area contributed by atoms with Crippen molar-refractivity contribution in [2.75, 3.05) is 26.0 Å². The van der Waals surface area contributed by atoms with Crippen molar-refractivity contribution >= 4 is 17.7 Å². The first-order chi connectivity index (χ1) is 7.97. The molecule has 0 atom stereocenters. The van der Waals surface area contributed by atoms with Crippen LogP contribution in [-0.2, 0) is 16.1 Å². The number of nitrogens with one attached hydrogen (secondary N) is 1. The highest BCUT2D eigenvalue weighted by molar-refractivity contribution is 5.89. The molecule has 0 radical (unpaired) electrons. The van der Waals surface area contributed by atoms with E-state index in [1.807, 2.05) is 19.0 Å². The van der Waals surface area contributed by atoms with Crippen molar-refractivity contribution in [3.63, 3.8) is 0 Å². The molecule has 8 nitrogen and oxygen atoms in total.